The number of aliphatic imine (C=N–C) groups is 1. The number of oxazole rings is 1. The summed E-state index contributed by atoms with van der Waals surface area (Å²) in [5, 5.41) is 6.31. The molecule has 0 atom stereocenters. The molecular formula is C18H27N5O3S. The first-order chi connectivity index (χ1) is 12.7. The fraction of sp³-hybridized carbons (Fsp3) is 0.444. The summed E-state index contributed by atoms with van der Waals surface area (Å²) >= 11 is 0. The van der Waals surface area contributed by atoms with E-state index >= 15 is 0 Å². The quantitative estimate of drug-likeness (QED) is 0.510. The lowest BCUT2D eigenvalue weighted by Gasteiger charge is -2.13. The predicted molar refractivity (Wildman–Crippen MR) is 105 cm³/mol. The molecule has 0 aliphatic heterocycles. The Kier molecular flexibility index (Phi) is 6.61. The van der Waals surface area contributed by atoms with Gasteiger partial charge in [-0.1, -0.05) is 32.9 Å². The third kappa shape index (κ3) is 5.80. The van der Waals surface area contributed by atoms with Crippen LogP contribution < -0.4 is 15.4 Å². The molecule has 2 rings (SSSR count). The van der Waals surface area contributed by atoms with Crippen LogP contribution in [0.1, 0.15) is 38.0 Å². The van der Waals surface area contributed by atoms with Crippen molar-refractivity contribution in [2.45, 2.75) is 44.2 Å². The van der Waals surface area contributed by atoms with Crippen molar-refractivity contribution in [2.75, 3.05) is 14.1 Å². The molecule has 8 nitrogen and oxygen atoms in total. The van der Waals surface area contributed by atoms with E-state index < -0.39 is 10.0 Å². The number of nitrogens with zero attached hydrogens (tertiary/aromatic N) is 2. The van der Waals surface area contributed by atoms with Crippen LogP contribution in [-0.4, -0.2) is 33.5 Å². The molecule has 0 saturated carbocycles. The van der Waals surface area contributed by atoms with E-state index in [1.54, 1.807) is 37.5 Å². The number of nitrogens with one attached hydrogen (secondary N) is 3. The molecule has 0 bridgehead atoms. The van der Waals surface area contributed by atoms with Crippen LogP contribution in [0.15, 0.2) is 44.8 Å². The maximum absolute atomic E-state index is 11.7. The number of benzene rings is 1. The first-order valence-corrected chi connectivity index (χ1v) is 10.1. The van der Waals surface area contributed by atoms with Crippen molar-refractivity contribution in [1.29, 1.82) is 0 Å². The van der Waals surface area contributed by atoms with Crippen LogP contribution in [0.4, 0.5) is 0 Å². The zero-order valence-corrected chi connectivity index (χ0v) is 17.1. The largest absolute Gasteiger partial charge is 0.443 e. The standard InChI is InChI=1S/C18H27N5O3S/c1-18(2,3)15-11-21-16(26-15)12-23-17(19-4)22-10-13-6-8-14(9-7-13)27(24,25)20-5/h6-9,11,20H,10,12H2,1-5H3,(H2,19,22,23). The molecule has 1 aromatic heterocycles. The van der Waals surface area contributed by atoms with Crippen molar-refractivity contribution in [3.8, 4) is 0 Å². The van der Waals surface area contributed by atoms with E-state index in [2.05, 4.69) is 46.1 Å². The zero-order valence-electron chi connectivity index (χ0n) is 16.3. The summed E-state index contributed by atoms with van der Waals surface area (Å²) in [7, 11) is -0.360. The van der Waals surface area contributed by atoms with Gasteiger partial charge in [-0.15, -0.1) is 0 Å². The Morgan fingerprint density at radius 2 is 1.78 bits per heavy atom. The Labute approximate surface area is 160 Å². The Morgan fingerprint density at radius 1 is 1.15 bits per heavy atom. The van der Waals surface area contributed by atoms with Gasteiger partial charge in [0.15, 0.2) is 5.96 Å². The van der Waals surface area contributed by atoms with E-state index in [-0.39, 0.29) is 10.3 Å². The summed E-state index contributed by atoms with van der Waals surface area (Å²) in [6.45, 7) is 7.11. The molecule has 0 aliphatic carbocycles. The van der Waals surface area contributed by atoms with E-state index in [9.17, 15) is 8.42 Å². The van der Waals surface area contributed by atoms with Gasteiger partial charge in [-0.2, -0.15) is 0 Å². The predicted octanol–water partition coefficient (Wildman–Crippen LogP) is 1.75. The summed E-state index contributed by atoms with van der Waals surface area (Å²) < 4.78 is 31.5. The monoisotopic (exact) mass is 393 g/mol. The van der Waals surface area contributed by atoms with Crippen LogP contribution in [0, 0.1) is 0 Å². The van der Waals surface area contributed by atoms with E-state index in [0.29, 0.717) is 24.9 Å². The molecule has 3 N–H and O–H groups in total. The van der Waals surface area contributed by atoms with Gasteiger partial charge >= 0.3 is 0 Å². The van der Waals surface area contributed by atoms with Gasteiger partial charge in [-0.3, -0.25) is 4.99 Å². The van der Waals surface area contributed by atoms with Gasteiger partial charge in [0.2, 0.25) is 15.9 Å². The SMILES string of the molecule is CN=C(NCc1ccc(S(=O)(=O)NC)cc1)NCc1ncc(C(C)(C)C)o1. The number of rotatable bonds is 6. The average molecular weight is 394 g/mol. The lowest BCUT2D eigenvalue weighted by molar-refractivity contribution is 0.379. The Hall–Kier alpha value is -2.39. The van der Waals surface area contributed by atoms with Gasteiger partial charge in [0.05, 0.1) is 17.6 Å². The molecule has 0 spiro atoms. The molecule has 0 amide bonds. The fourth-order valence-electron chi connectivity index (χ4n) is 2.21. The van der Waals surface area contributed by atoms with E-state index in [1.165, 1.54) is 7.05 Å². The minimum Gasteiger partial charge on any atom is -0.443 e. The number of aromatic nitrogens is 1. The maximum Gasteiger partial charge on any atom is 0.240 e. The van der Waals surface area contributed by atoms with Crippen molar-refractivity contribution in [1.82, 2.24) is 20.3 Å². The summed E-state index contributed by atoms with van der Waals surface area (Å²) in [6, 6.07) is 6.65. The molecule has 0 unspecified atom stereocenters. The highest BCUT2D eigenvalue weighted by molar-refractivity contribution is 7.89. The average Bonchev–Trinajstić information content (AvgIpc) is 3.12. The fourth-order valence-corrected chi connectivity index (χ4v) is 2.94. The van der Waals surface area contributed by atoms with Crippen molar-refractivity contribution in [3.63, 3.8) is 0 Å². The lowest BCUT2D eigenvalue weighted by atomic mass is 9.94. The first-order valence-electron chi connectivity index (χ1n) is 8.58. The van der Waals surface area contributed by atoms with Gasteiger partial charge in [0, 0.05) is 19.0 Å². The molecule has 0 aliphatic rings. The van der Waals surface area contributed by atoms with E-state index in [0.717, 1.165) is 11.3 Å². The highest BCUT2D eigenvalue weighted by Gasteiger charge is 2.19. The van der Waals surface area contributed by atoms with Gasteiger partial charge < -0.3 is 15.1 Å². The Morgan fingerprint density at radius 3 is 2.30 bits per heavy atom. The molecule has 0 saturated heterocycles. The highest BCUT2D eigenvalue weighted by Crippen LogP contribution is 2.22. The topological polar surface area (TPSA) is 109 Å². The Bertz CT molecular complexity index is 880. The second kappa shape index (κ2) is 8.53. The molecule has 1 heterocycles. The molecule has 0 fully saturated rings. The van der Waals surface area contributed by atoms with Crippen molar-refractivity contribution in [3.05, 3.63) is 47.7 Å². The van der Waals surface area contributed by atoms with E-state index in [1.807, 2.05) is 0 Å². The summed E-state index contributed by atoms with van der Waals surface area (Å²) in [6.07, 6.45) is 1.74. The zero-order chi connectivity index (χ0) is 20.1. The summed E-state index contributed by atoms with van der Waals surface area (Å²) in [4.78, 5) is 8.67. The molecule has 9 heteroatoms. The van der Waals surface area contributed by atoms with Crippen LogP contribution in [0.2, 0.25) is 0 Å². The molecule has 1 aromatic carbocycles. The van der Waals surface area contributed by atoms with Gasteiger partial charge in [-0.05, 0) is 24.7 Å². The van der Waals surface area contributed by atoms with Crippen LogP contribution >= 0.6 is 0 Å². The molecule has 2 aromatic rings. The molecule has 27 heavy (non-hydrogen) atoms. The van der Waals surface area contributed by atoms with Crippen LogP contribution in [0.3, 0.4) is 0 Å². The summed E-state index contributed by atoms with van der Waals surface area (Å²) in [5.74, 6) is 2.01. The van der Waals surface area contributed by atoms with Crippen molar-refractivity contribution >= 4 is 16.0 Å². The molecular weight excluding hydrogens is 366 g/mol. The second-order valence-corrected chi connectivity index (χ2v) is 8.89. The molecule has 0 radical (unpaired) electrons. The van der Waals surface area contributed by atoms with Crippen LogP contribution in [0.25, 0.3) is 0 Å². The maximum atomic E-state index is 11.7. The van der Waals surface area contributed by atoms with Crippen molar-refractivity contribution < 1.29 is 12.8 Å². The third-order valence-electron chi connectivity index (χ3n) is 3.89. The van der Waals surface area contributed by atoms with E-state index in [4.69, 9.17) is 4.42 Å². The number of guanidine groups is 1. The number of hydrogen-bond acceptors (Lipinski definition) is 5. The number of sulfonamides is 1. The highest BCUT2D eigenvalue weighted by atomic mass is 32.2. The van der Waals surface area contributed by atoms with Gasteiger partial charge in [0.25, 0.3) is 0 Å². The van der Waals surface area contributed by atoms with Crippen LogP contribution in [0.5, 0.6) is 0 Å². The first kappa shape index (κ1) is 20.9. The van der Waals surface area contributed by atoms with Crippen LogP contribution in [-0.2, 0) is 28.5 Å². The lowest BCUT2D eigenvalue weighted by Crippen LogP contribution is -2.36. The van der Waals surface area contributed by atoms with Gasteiger partial charge in [0.1, 0.15) is 5.76 Å². The third-order valence-corrected chi connectivity index (χ3v) is 5.32. The number of hydrogen-bond donors (Lipinski definition) is 3. The Balaban J connectivity index is 1.90. The minimum absolute atomic E-state index is 0.0852. The summed E-state index contributed by atoms with van der Waals surface area (Å²) in [5.41, 5.74) is 0.845. The van der Waals surface area contributed by atoms with Gasteiger partial charge in [-0.25, -0.2) is 18.1 Å². The molecule has 148 valence electrons. The normalized spacial score (nSPS) is 12.9. The van der Waals surface area contributed by atoms with Crippen molar-refractivity contribution in [2.24, 2.45) is 4.99 Å². The second-order valence-electron chi connectivity index (χ2n) is 7.00. The smallest absolute Gasteiger partial charge is 0.240 e. The minimum atomic E-state index is -3.42.